The van der Waals surface area contributed by atoms with Crippen molar-refractivity contribution in [2.24, 2.45) is 5.73 Å². The van der Waals surface area contributed by atoms with Crippen LogP contribution in [0.25, 0.3) is 0 Å². The van der Waals surface area contributed by atoms with Crippen LogP contribution in [0.15, 0.2) is 0 Å². The van der Waals surface area contributed by atoms with Crippen LogP contribution in [0.2, 0.25) is 0 Å². The summed E-state index contributed by atoms with van der Waals surface area (Å²) in [7, 11) is -4.03. The van der Waals surface area contributed by atoms with Crippen molar-refractivity contribution in [1.29, 1.82) is 0 Å². The highest BCUT2D eigenvalue weighted by Gasteiger charge is 2.36. The molecule has 0 heterocycles. The molecule has 4 nitrogen and oxygen atoms in total. The van der Waals surface area contributed by atoms with Gasteiger partial charge in [-0.1, -0.05) is 0 Å². The number of hydrogen-bond donors (Lipinski definition) is 2. The zero-order valence-electron chi connectivity index (χ0n) is 6.33. The second-order valence-electron chi connectivity index (χ2n) is 2.87. The standard InChI is InChI=1S/C5H13NO3S/c1-4(6)5(2,3)10(7,8)9/h4H,6H2,1-3H3,(H,7,8,9). The molecule has 0 saturated carbocycles. The fourth-order valence-electron chi connectivity index (χ4n) is 0.235. The third kappa shape index (κ3) is 1.68. The van der Waals surface area contributed by atoms with Crippen LogP contribution >= 0.6 is 0 Å². The van der Waals surface area contributed by atoms with Gasteiger partial charge in [0.2, 0.25) is 0 Å². The van der Waals surface area contributed by atoms with Crippen molar-refractivity contribution in [2.75, 3.05) is 0 Å². The lowest BCUT2D eigenvalue weighted by Crippen LogP contribution is -2.46. The molecule has 0 aromatic rings. The van der Waals surface area contributed by atoms with Crippen LogP contribution in [0, 0.1) is 0 Å². The minimum absolute atomic E-state index is 0.581. The van der Waals surface area contributed by atoms with Crippen LogP contribution in [0.4, 0.5) is 0 Å². The fourth-order valence-corrected chi connectivity index (χ4v) is 0.705. The molecule has 1 atom stereocenters. The normalized spacial score (nSPS) is 16.9. The molecule has 1 unspecified atom stereocenters. The van der Waals surface area contributed by atoms with E-state index in [1.807, 2.05) is 0 Å². The Balaban J connectivity index is 4.76. The summed E-state index contributed by atoms with van der Waals surface area (Å²) >= 11 is 0. The summed E-state index contributed by atoms with van der Waals surface area (Å²) in [5.74, 6) is 0. The van der Waals surface area contributed by atoms with Gasteiger partial charge < -0.3 is 5.73 Å². The number of hydrogen-bond acceptors (Lipinski definition) is 3. The first kappa shape index (κ1) is 9.87. The van der Waals surface area contributed by atoms with Gasteiger partial charge in [0.05, 0.1) is 0 Å². The first-order valence-electron chi connectivity index (χ1n) is 2.92. The maximum atomic E-state index is 10.6. The summed E-state index contributed by atoms with van der Waals surface area (Å²) in [6.45, 7) is 4.30. The Bertz CT molecular complexity index is 205. The first-order chi connectivity index (χ1) is 4.19. The van der Waals surface area contributed by atoms with E-state index in [1.54, 1.807) is 0 Å². The first-order valence-corrected chi connectivity index (χ1v) is 4.36. The maximum absolute atomic E-state index is 10.6. The van der Waals surface area contributed by atoms with Gasteiger partial charge in [-0.25, -0.2) is 0 Å². The van der Waals surface area contributed by atoms with E-state index in [0.29, 0.717) is 0 Å². The Morgan fingerprint density at radius 3 is 1.80 bits per heavy atom. The van der Waals surface area contributed by atoms with Crippen molar-refractivity contribution in [3.05, 3.63) is 0 Å². The lowest BCUT2D eigenvalue weighted by Gasteiger charge is -2.24. The predicted molar refractivity (Wildman–Crippen MR) is 39.3 cm³/mol. The highest BCUT2D eigenvalue weighted by Crippen LogP contribution is 2.17. The molecule has 5 heteroatoms. The molecular weight excluding hydrogens is 154 g/mol. The minimum atomic E-state index is -4.03. The van der Waals surface area contributed by atoms with Gasteiger partial charge in [-0.2, -0.15) is 8.42 Å². The van der Waals surface area contributed by atoms with Crippen LogP contribution in [0.3, 0.4) is 0 Å². The van der Waals surface area contributed by atoms with Crippen LogP contribution in [-0.4, -0.2) is 23.8 Å². The summed E-state index contributed by atoms with van der Waals surface area (Å²) < 4.78 is 28.5. The van der Waals surface area contributed by atoms with Crippen LogP contribution in [0.5, 0.6) is 0 Å². The third-order valence-corrected chi connectivity index (χ3v) is 3.46. The van der Waals surface area contributed by atoms with Gasteiger partial charge >= 0.3 is 0 Å². The van der Waals surface area contributed by atoms with Gasteiger partial charge in [-0.3, -0.25) is 4.55 Å². The van der Waals surface area contributed by atoms with E-state index in [9.17, 15) is 8.42 Å². The van der Waals surface area contributed by atoms with E-state index in [1.165, 1.54) is 20.8 Å². The van der Waals surface area contributed by atoms with Crippen molar-refractivity contribution in [3.63, 3.8) is 0 Å². The lowest BCUT2D eigenvalue weighted by atomic mass is 10.1. The second kappa shape index (κ2) is 2.48. The van der Waals surface area contributed by atoms with Crippen molar-refractivity contribution >= 4 is 10.1 Å². The molecule has 0 aliphatic rings. The largest absolute Gasteiger partial charge is 0.326 e. The van der Waals surface area contributed by atoms with Gasteiger partial charge in [0, 0.05) is 6.04 Å². The summed E-state index contributed by atoms with van der Waals surface area (Å²) in [6.07, 6.45) is 0. The van der Waals surface area contributed by atoms with Crippen molar-refractivity contribution in [2.45, 2.75) is 31.6 Å². The second-order valence-corrected chi connectivity index (χ2v) is 4.87. The molecule has 0 bridgehead atoms. The van der Waals surface area contributed by atoms with E-state index >= 15 is 0 Å². The third-order valence-electron chi connectivity index (χ3n) is 1.76. The molecule has 0 saturated heterocycles. The van der Waals surface area contributed by atoms with Crippen LogP contribution in [0.1, 0.15) is 20.8 Å². The summed E-state index contributed by atoms with van der Waals surface area (Å²) in [5, 5.41) is 0. The molecule has 3 N–H and O–H groups in total. The zero-order valence-corrected chi connectivity index (χ0v) is 7.14. The number of rotatable bonds is 2. The molecule has 0 aromatic heterocycles. The molecule has 62 valence electrons. The van der Waals surface area contributed by atoms with E-state index in [0.717, 1.165) is 0 Å². The topological polar surface area (TPSA) is 80.4 Å². The zero-order chi connectivity index (χ0) is 8.58. The maximum Gasteiger partial charge on any atom is 0.271 e. The average Bonchev–Trinajstić information content (AvgIpc) is 1.62. The molecule has 0 aliphatic carbocycles. The molecule has 0 radical (unpaired) electrons. The Hall–Kier alpha value is -0.130. The molecule has 0 amide bonds. The molecule has 0 rings (SSSR count). The molecule has 0 spiro atoms. The Kier molecular flexibility index (Phi) is 2.45. The highest BCUT2D eigenvalue weighted by molar-refractivity contribution is 7.87. The minimum Gasteiger partial charge on any atom is -0.326 e. The molecular formula is C5H13NO3S. The van der Waals surface area contributed by atoms with Crippen molar-refractivity contribution in [1.82, 2.24) is 0 Å². The Morgan fingerprint density at radius 1 is 1.50 bits per heavy atom. The van der Waals surface area contributed by atoms with Gasteiger partial charge in [0.1, 0.15) is 4.75 Å². The predicted octanol–water partition coefficient (Wildman–Crippen LogP) is -0.0000000000000000555. The van der Waals surface area contributed by atoms with Crippen molar-refractivity contribution in [3.8, 4) is 0 Å². The molecule has 10 heavy (non-hydrogen) atoms. The monoisotopic (exact) mass is 167 g/mol. The van der Waals surface area contributed by atoms with Crippen LogP contribution < -0.4 is 5.73 Å². The van der Waals surface area contributed by atoms with E-state index in [4.69, 9.17) is 10.3 Å². The summed E-state index contributed by atoms with van der Waals surface area (Å²) in [6, 6.07) is -0.581. The highest BCUT2D eigenvalue weighted by atomic mass is 32.2. The van der Waals surface area contributed by atoms with Gasteiger partial charge in [0.25, 0.3) is 10.1 Å². The molecule has 0 aliphatic heterocycles. The molecule has 0 aromatic carbocycles. The average molecular weight is 167 g/mol. The van der Waals surface area contributed by atoms with E-state index in [-0.39, 0.29) is 0 Å². The van der Waals surface area contributed by atoms with E-state index < -0.39 is 20.9 Å². The van der Waals surface area contributed by atoms with Crippen LogP contribution in [-0.2, 0) is 10.1 Å². The van der Waals surface area contributed by atoms with Crippen molar-refractivity contribution < 1.29 is 13.0 Å². The molecule has 0 fully saturated rings. The number of nitrogens with two attached hydrogens (primary N) is 1. The van der Waals surface area contributed by atoms with E-state index in [2.05, 4.69) is 0 Å². The quantitative estimate of drug-likeness (QED) is 0.567. The SMILES string of the molecule is CC(N)C(C)(C)S(=O)(=O)O. The van der Waals surface area contributed by atoms with Gasteiger partial charge in [-0.05, 0) is 20.8 Å². The smallest absolute Gasteiger partial charge is 0.271 e. The Labute approximate surface area is 61.2 Å². The fraction of sp³-hybridized carbons (Fsp3) is 1.00. The summed E-state index contributed by atoms with van der Waals surface area (Å²) in [5.41, 5.74) is 5.32. The van der Waals surface area contributed by atoms with Gasteiger partial charge in [0.15, 0.2) is 0 Å². The lowest BCUT2D eigenvalue weighted by molar-refractivity contribution is 0.419. The Morgan fingerprint density at radius 2 is 1.80 bits per heavy atom. The summed E-state index contributed by atoms with van der Waals surface area (Å²) in [4.78, 5) is 0. The van der Waals surface area contributed by atoms with Gasteiger partial charge in [-0.15, -0.1) is 0 Å².